The summed E-state index contributed by atoms with van der Waals surface area (Å²) in [5.41, 5.74) is 4.36. The smallest absolute Gasteiger partial charge is 0.309 e. The maximum absolute atomic E-state index is 11.5. The predicted octanol–water partition coefficient (Wildman–Crippen LogP) is 4.58. The van der Waals surface area contributed by atoms with Crippen molar-refractivity contribution in [3.63, 3.8) is 0 Å². The van der Waals surface area contributed by atoms with Crippen molar-refractivity contribution in [2.24, 2.45) is 0 Å². The molecule has 0 radical (unpaired) electrons. The van der Waals surface area contributed by atoms with Crippen molar-refractivity contribution >= 4 is 27.8 Å². The van der Waals surface area contributed by atoms with Crippen molar-refractivity contribution in [3.8, 4) is 11.5 Å². The first-order chi connectivity index (χ1) is 14.1. The fraction of sp³-hybridized carbons (Fsp3) is 0.208. The number of esters is 1. The number of benzene rings is 3. The van der Waals surface area contributed by atoms with Crippen molar-refractivity contribution in [3.05, 3.63) is 71.8 Å². The first-order valence-electron chi connectivity index (χ1n) is 9.41. The highest BCUT2D eigenvalue weighted by molar-refractivity contribution is 6.09. The molecular weight excluding hydrogens is 366 g/mol. The first kappa shape index (κ1) is 18.9. The Hall–Kier alpha value is -3.47. The lowest BCUT2D eigenvalue weighted by molar-refractivity contribution is -0.139. The monoisotopic (exact) mass is 389 g/mol. The van der Waals surface area contributed by atoms with Crippen molar-refractivity contribution in [1.82, 2.24) is 4.57 Å². The van der Waals surface area contributed by atoms with E-state index in [1.54, 1.807) is 14.2 Å². The molecule has 0 aliphatic carbocycles. The molecule has 0 atom stereocenters. The first-order valence-corrected chi connectivity index (χ1v) is 9.41. The molecule has 148 valence electrons. The Balaban J connectivity index is 1.77. The fourth-order valence-electron chi connectivity index (χ4n) is 3.67. The molecule has 29 heavy (non-hydrogen) atoms. The van der Waals surface area contributed by atoms with Crippen molar-refractivity contribution in [2.75, 3.05) is 21.3 Å². The van der Waals surface area contributed by atoms with E-state index in [4.69, 9.17) is 14.2 Å². The van der Waals surface area contributed by atoms with Gasteiger partial charge < -0.3 is 18.8 Å². The van der Waals surface area contributed by atoms with E-state index in [2.05, 4.69) is 41.0 Å². The van der Waals surface area contributed by atoms with Gasteiger partial charge in [0.25, 0.3) is 0 Å². The molecule has 0 aliphatic heterocycles. The number of nitrogens with zero attached hydrogens (tertiary/aromatic N) is 1. The Bertz CT molecular complexity index is 1110. The molecule has 0 amide bonds. The van der Waals surface area contributed by atoms with Crippen molar-refractivity contribution < 1.29 is 19.0 Å². The summed E-state index contributed by atoms with van der Waals surface area (Å²) >= 11 is 0. The lowest BCUT2D eigenvalue weighted by Gasteiger charge is -2.09. The van der Waals surface area contributed by atoms with E-state index >= 15 is 0 Å². The summed E-state index contributed by atoms with van der Waals surface area (Å²) in [5.74, 6) is 1.42. The third kappa shape index (κ3) is 3.63. The van der Waals surface area contributed by atoms with Crippen LogP contribution in [0.5, 0.6) is 11.5 Å². The lowest BCUT2D eigenvalue weighted by atomic mass is 10.1. The molecule has 0 spiro atoms. The van der Waals surface area contributed by atoms with Crippen LogP contribution >= 0.6 is 0 Å². The van der Waals surface area contributed by atoms with Crippen LogP contribution in [0.25, 0.3) is 21.8 Å². The number of aromatic nitrogens is 1. The predicted molar refractivity (Wildman–Crippen MR) is 114 cm³/mol. The highest BCUT2D eigenvalue weighted by atomic mass is 16.5. The summed E-state index contributed by atoms with van der Waals surface area (Å²) in [6.45, 7) is 0.719. The Morgan fingerprint density at radius 1 is 0.759 bits per heavy atom. The number of carbonyl (C=O) groups excluding carboxylic acids is 1. The van der Waals surface area contributed by atoms with Crippen LogP contribution in [0.1, 0.15) is 11.1 Å². The molecule has 4 rings (SSSR count). The van der Waals surface area contributed by atoms with E-state index in [9.17, 15) is 4.79 Å². The maximum atomic E-state index is 11.5. The van der Waals surface area contributed by atoms with Crippen LogP contribution in [0.3, 0.4) is 0 Å². The molecule has 0 saturated heterocycles. The van der Waals surface area contributed by atoms with E-state index in [1.807, 2.05) is 24.3 Å². The van der Waals surface area contributed by atoms with Gasteiger partial charge in [-0.2, -0.15) is 0 Å². The molecular formula is C24H23NO4. The number of carbonyl (C=O) groups is 1. The van der Waals surface area contributed by atoms with Gasteiger partial charge in [-0.05, 0) is 47.5 Å². The van der Waals surface area contributed by atoms with Crippen LogP contribution in [0.2, 0.25) is 0 Å². The average Bonchev–Trinajstić information content (AvgIpc) is 3.07. The molecule has 0 unspecified atom stereocenters. The second kappa shape index (κ2) is 7.87. The van der Waals surface area contributed by atoms with Gasteiger partial charge in [-0.15, -0.1) is 0 Å². The number of fused-ring (bicyclic) bond motifs is 3. The quantitative estimate of drug-likeness (QED) is 0.453. The van der Waals surface area contributed by atoms with Crippen LogP contribution in [-0.4, -0.2) is 31.9 Å². The number of methoxy groups -OCH3 is 3. The molecule has 0 saturated carbocycles. The largest absolute Gasteiger partial charge is 0.497 e. The van der Waals surface area contributed by atoms with E-state index in [-0.39, 0.29) is 12.4 Å². The summed E-state index contributed by atoms with van der Waals surface area (Å²) in [7, 11) is 4.76. The second-order valence-electron chi connectivity index (χ2n) is 6.92. The van der Waals surface area contributed by atoms with E-state index in [1.165, 1.54) is 7.11 Å². The number of ether oxygens (including phenoxy) is 3. The summed E-state index contributed by atoms with van der Waals surface area (Å²) in [6, 6.07) is 20.3. The normalized spacial score (nSPS) is 11.0. The SMILES string of the molecule is COC(=O)Cc1ccc(Cn2c3ccc(OC)cc3c3cc(OC)ccc32)cc1. The number of hydrogen-bond donors (Lipinski definition) is 0. The van der Waals surface area contributed by atoms with Gasteiger partial charge in [-0.25, -0.2) is 0 Å². The van der Waals surface area contributed by atoms with Crippen LogP contribution in [-0.2, 0) is 22.5 Å². The fourth-order valence-corrected chi connectivity index (χ4v) is 3.67. The Morgan fingerprint density at radius 2 is 1.28 bits per heavy atom. The van der Waals surface area contributed by atoms with Crippen LogP contribution in [0, 0.1) is 0 Å². The summed E-state index contributed by atoms with van der Waals surface area (Å²) in [6.07, 6.45) is 0.283. The van der Waals surface area contributed by atoms with Crippen molar-refractivity contribution in [2.45, 2.75) is 13.0 Å². The summed E-state index contributed by atoms with van der Waals surface area (Å²) in [5, 5.41) is 2.25. The maximum Gasteiger partial charge on any atom is 0.309 e. The third-order valence-electron chi connectivity index (χ3n) is 5.22. The van der Waals surface area contributed by atoms with Gasteiger partial charge in [0.05, 0.1) is 27.8 Å². The molecule has 3 aromatic carbocycles. The Morgan fingerprint density at radius 3 is 1.76 bits per heavy atom. The molecule has 0 N–H and O–H groups in total. The van der Waals surface area contributed by atoms with E-state index in [0.717, 1.165) is 51.0 Å². The summed E-state index contributed by atoms with van der Waals surface area (Å²) in [4.78, 5) is 11.5. The average molecular weight is 389 g/mol. The zero-order valence-corrected chi connectivity index (χ0v) is 16.8. The van der Waals surface area contributed by atoms with E-state index < -0.39 is 0 Å². The minimum atomic E-state index is -0.233. The topological polar surface area (TPSA) is 49.7 Å². The van der Waals surface area contributed by atoms with Gasteiger partial charge in [0, 0.05) is 28.4 Å². The molecule has 5 nitrogen and oxygen atoms in total. The Labute approximate surface area is 169 Å². The van der Waals surface area contributed by atoms with Gasteiger partial charge in [0.1, 0.15) is 11.5 Å². The lowest BCUT2D eigenvalue weighted by Crippen LogP contribution is -2.05. The van der Waals surface area contributed by atoms with Gasteiger partial charge in [-0.1, -0.05) is 24.3 Å². The standard InChI is InChI=1S/C24H23NO4/c1-27-18-8-10-22-20(13-18)21-14-19(28-2)9-11-23(21)25(22)15-17-6-4-16(5-7-17)12-24(26)29-3/h4-11,13-14H,12,15H2,1-3H3. The van der Waals surface area contributed by atoms with Gasteiger partial charge >= 0.3 is 5.97 Å². The van der Waals surface area contributed by atoms with Gasteiger partial charge in [-0.3, -0.25) is 4.79 Å². The molecule has 4 aromatic rings. The Kier molecular flexibility index (Phi) is 5.12. The highest BCUT2D eigenvalue weighted by Crippen LogP contribution is 2.34. The molecule has 0 fully saturated rings. The molecule has 0 bridgehead atoms. The van der Waals surface area contributed by atoms with Crippen LogP contribution in [0.15, 0.2) is 60.7 Å². The van der Waals surface area contributed by atoms with Gasteiger partial charge in [0.15, 0.2) is 0 Å². The van der Waals surface area contributed by atoms with Crippen LogP contribution in [0.4, 0.5) is 0 Å². The molecule has 0 aliphatic rings. The second-order valence-corrected chi connectivity index (χ2v) is 6.92. The molecule has 1 aromatic heterocycles. The number of rotatable bonds is 6. The third-order valence-corrected chi connectivity index (χ3v) is 5.22. The zero-order chi connectivity index (χ0) is 20.4. The highest BCUT2D eigenvalue weighted by Gasteiger charge is 2.13. The minimum absolute atomic E-state index is 0.233. The van der Waals surface area contributed by atoms with Gasteiger partial charge in [0.2, 0.25) is 0 Å². The van der Waals surface area contributed by atoms with E-state index in [0.29, 0.717) is 0 Å². The zero-order valence-electron chi connectivity index (χ0n) is 16.8. The molecule has 1 heterocycles. The minimum Gasteiger partial charge on any atom is -0.497 e. The molecule has 5 heteroatoms. The summed E-state index contributed by atoms with van der Waals surface area (Å²) < 4.78 is 17.9. The van der Waals surface area contributed by atoms with Crippen molar-refractivity contribution in [1.29, 1.82) is 0 Å². The number of hydrogen-bond acceptors (Lipinski definition) is 4. The van der Waals surface area contributed by atoms with Crippen LogP contribution < -0.4 is 9.47 Å².